The standard InChI is InChI=1S/C21H23N3O5/c1-21(2)8-12-16(13(25)9-21)15(11-7-10(28-3)5-6-14(11)29-4)17-18(22-12)23-20(27)24-19(17)26/h5-8,15-16H,9H2,1-4H3,(H3,22,23,24,26,27)/t15-,16-/m1/s1. The molecule has 0 fully saturated rings. The van der Waals surface area contributed by atoms with Crippen LogP contribution in [0.3, 0.4) is 0 Å². The van der Waals surface area contributed by atoms with Gasteiger partial charge in [0.05, 0.1) is 25.7 Å². The molecule has 2 atom stereocenters. The zero-order valence-electron chi connectivity index (χ0n) is 16.7. The Kier molecular flexibility index (Phi) is 4.37. The first-order valence-corrected chi connectivity index (χ1v) is 9.35. The van der Waals surface area contributed by atoms with Crippen LogP contribution in [0.15, 0.2) is 39.6 Å². The molecule has 1 aliphatic heterocycles. The fraction of sp³-hybridized carbons (Fsp3) is 0.381. The topological polar surface area (TPSA) is 113 Å². The van der Waals surface area contributed by atoms with Crippen LogP contribution in [-0.4, -0.2) is 30.0 Å². The Morgan fingerprint density at radius 3 is 2.48 bits per heavy atom. The van der Waals surface area contributed by atoms with Gasteiger partial charge in [0, 0.05) is 23.6 Å². The Balaban J connectivity index is 2.05. The number of methoxy groups -OCH3 is 2. The summed E-state index contributed by atoms with van der Waals surface area (Å²) in [6, 6.07) is 5.27. The summed E-state index contributed by atoms with van der Waals surface area (Å²) in [5.41, 5.74) is 0.135. The Bertz CT molecular complexity index is 1140. The lowest BCUT2D eigenvalue weighted by Crippen LogP contribution is -2.43. The van der Waals surface area contributed by atoms with Crippen molar-refractivity contribution in [2.45, 2.75) is 26.2 Å². The van der Waals surface area contributed by atoms with Gasteiger partial charge in [-0.2, -0.15) is 0 Å². The normalized spacial score (nSPS) is 22.1. The second kappa shape index (κ2) is 6.65. The van der Waals surface area contributed by atoms with E-state index in [1.165, 1.54) is 7.11 Å². The van der Waals surface area contributed by atoms with E-state index in [0.29, 0.717) is 40.6 Å². The number of carbonyl (C=O) groups is 1. The van der Waals surface area contributed by atoms with Crippen molar-refractivity contribution in [3.05, 3.63) is 61.9 Å². The summed E-state index contributed by atoms with van der Waals surface area (Å²) in [6.45, 7) is 3.96. The molecule has 2 heterocycles. The summed E-state index contributed by atoms with van der Waals surface area (Å²) in [5.74, 6) is 0.199. The molecule has 1 aromatic carbocycles. The third kappa shape index (κ3) is 3.14. The lowest BCUT2D eigenvalue weighted by atomic mass is 9.67. The number of hydrogen-bond acceptors (Lipinski definition) is 6. The van der Waals surface area contributed by atoms with E-state index in [4.69, 9.17) is 9.47 Å². The number of Topliss-reactive ketones (excluding diaryl/α,β-unsaturated/α-hetero) is 1. The van der Waals surface area contributed by atoms with Crippen LogP contribution in [0, 0.1) is 11.3 Å². The van der Waals surface area contributed by atoms with Crippen LogP contribution in [0.5, 0.6) is 11.5 Å². The van der Waals surface area contributed by atoms with Crippen molar-refractivity contribution in [3.63, 3.8) is 0 Å². The fourth-order valence-electron chi connectivity index (χ4n) is 4.39. The van der Waals surface area contributed by atoms with E-state index in [-0.39, 0.29) is 11.2 Å². The van der Waals surface area contributed by atoms with Gasteiger partial charge in [0.25, 0.3) is 5.56 Å². The molecule has 0 spiro atoms. The molecule has 1 aliphatic carbocycles. The molecule has 0 bridgehead atoms. The molecule has 0 saturated heterocycles. The fourth-order valence-corrected chi connectivity index (χ4v) is 4.39. The minimum atomic E-state index is -0.633. The molecule has 3 N–H and O–H groups in total. The lowest BCUT2D eigenvalue weighted by Gasteiger charge is -2.40. The molecule has 29 heavy (non-hydrogen) atoms. The van der Waals surface area contributed by atoms with Gasteiger partial charge in [-0.1, -0.05) is 19.9 Å². The number of hydrogen-bond donors (Lipinski definition) is 3. The predicted molar refractivity (Wildman–Crippen MR) is 108 cm³/mol. The Morgan fingerprint density at radius 1 is 1.03 bits per heavy atom. The van der Waals surface area contributed by atoms with E-state index >= 15 is 0 Å². The number of rotatable bonds is 3. The van der Waals surface area contributed by atoms with E-state index in [2.05, 4.69) is 15.3 Å². The van der Waals surface area contributed by atoms with Gasteiger partial charge in [-0.3, -0.25) is 19.6 Å². The number of H-pyrrole nitrogens is 2. The van der Waals surface area contributed by atoms with Crippen LogP contribution >= 0.6 is 0 Å². The molecule has 2 aliphatic rings. The number of carbonyl (C=O) groups excluding carboxylic acids is 1. The van der Waals surface area contributed by atoms with Crippen molar-refractivity contribution in [2.75, 3.05) is 19.5 Å². The van der Waals surface area contributed by atoms with E-state index in [9.17, 15) is 14.4 Å². The third-order valence-corrected chi connectivity index (χ3v) is 5.52. The zero-order chi connectivity index (χ0) is 20.9. The van der Waals surface area contributed by atoms with Crippen molar-refractivity contribution >= 4 is 11.6 Å². The highest BCUT2D eigenvalue weighted by Gasteiger charge is 2.46. The minimum Gasteiger partial charge on any atom is -0.497 e. The van der Waals surface area contributed by atoms with Gasteiger partial charge in [-0.05, 0) is 23.6 Å². The summed E-state index contributed by atoms with van der Waals surface area (Å²) in [4.78, 5) is 42.9. The van der Waals surface area contributed by atoms with E-state index in [1.54, 1.807) is 25.3 Å². The number of nitrogens with one attached hydrogen (secondary N) is 3. The predicted octanol–water partition coefficient (Wildman–Crippen LogP) is 2.14. The van der Waals surface area contributed by atoms with Crippen LogP contribution in [0.25, 0.3) is 0 Å². The SMILES string of the molecule is COc1ccc(OC)c([C@H]2c3c([nH]c(=O)[nH]c3=O)NC3=CC(C)(C)CC(=O)[C@@H]32)c1. The molecule has 0 radical (unpaired) electrons. The average molecular weight is 397 g/mol. The van der Waals surface area contributed by atoms with Gasteiger partial charge in [0.1, 0.15) is 23.1 Å². The number of ether oxygens (including phenoxy) is 2. The smallest absolute Gasteiger partial charge is 0.327 e. The summed E-state index contributed by atoms with van der Waals surface area (Å²) in [7, 11) is 3.08. The van der Waals surface area contributed by atoms with Gasteiger partial charge in [0.2, 0.25) is 0 Å². The maximum Gasteiger partial charge on any atom is 0.327 e. The average Bonchev–Trinajstić information content (AvgIpc) is 2.64. The summed E-state index contributed by atoms with van der Waals surface area (Å²) in [5, 5.41) is 3.13. The maximum atomic E-state index is 13.2. The third-order valence-electron chi connectivity index (χ3n) is 5.52. The van der Waals surface area contributed by atoms with Crippen molar-refractivity contribution in [2.24, 2.45) is 11.3 Å². The summed E-state index contributed by atoms with van der Waals surface area (Å²) < 4.78 is 10.9. The van der Waals surface area contributed by atoms with Crippen LogP contribution < -0.4 is 26.0 Å². The van der Waals surface area contributed by atoms with Crippen molar-refractivity contribution in [1.82, 2.24) is 9.97 Å². The second-order valence-electron chi connectivity index (χ2n) is 8.12. The summed E-state index contributed by atoms with van der Waals surface area (Å²) in [6.07, 6.45) is 2.35. The quantitative estimate of drug-likeness (QED) is 0.731. The van der Waals surface area contributed by atoms with Gasteiger partial charge in [-0.15, -0.1) is 0 Å². The lowest BCUT2D eigenvalue weighted by molar-refractivity contribution is -0.124. The van der Waals surface area contributed by atoms with Gasteiger partial charge in [-0.25, -0.2) is 4.79 Å². The van der Waals surface area contributed by atoms with Gasteiger partial charge in [0.15, 0.2) is 0 Å². The first-order valence-electron chi connectivity index (χ1n) is 9.35. The number of aromatic amines is 2. The summed E-state index contributed by atoms with van der Waals surface area (Å²) >= 11 is 0. The van der Waals surface area contributed by atoms with E-state index in [1.807, 2.05) is 19.9 Å². The van der Waals surface area contributed by atoms with Crippen LogP contribution in [-0.2, 0) is 4.79 Å². The molecule has 0 amide bonds. The molecule has 0 saturated carbocycles. The number of anilines is 1. The van der Waals surface area contributed by atoms with Crippen molar-refractivity contribution in [3.8, 4) is 11.5 Å². The number of allylic oxidation sites excluding steroid dienone is 2. The van der Waals surface area contributed by atoms with Gasteiger partial charge >= 0.3 is 5.69 Å². The second-order valence-corrected chi connectivity index (χ2v) is 8.12. The number of fused-ring (bicyclic) bond motifs is 2. The first-order chi connectivity index (χ1) is 13.7. The monoisotopic (exact) mass is 397 g/mol. The Labute approximate surface area is 167 Å². The van der Waals surface area contributed by atoms with Crippen LogP contribution in [0.1, 0.15) is 37.3 Å². The highest BCUT2D eigenvalue weighted by molar-refractivity contribution is 5.90. The molecule has 2 aromatic rings. The molecule has 0 unspecified atom stereocenters. The molecule has 152 valence electrons. The van der Waals surface area contributed by atoms with Crippen molar-refractivity contribution in [1.29, 1.82) is 0 Å². The highest BCUT2D eigenvalue weighted by Crippen LogP contribution is 2.49. The van der Waals surface area contributed by atoms with E-state index in [0.717, 1.165) is 0 Å². The molecule has 1 aromatic heterocycles. The molecule has 8 nitrogen and oxygen atoms in total. The molecule has 4 rings (SSSR count). The molecular formula is C21H23N3O5. The number of aromatic nitrogens is 2. The number of benzene rings is 1. The van der Waals surface area contributed by atoms with E-state index < -0.39 is 23.1 Å². The molecular weight excluding hydrogens is 374 g/mol. The van der Waals surface area contributed by atoms with Crippen LogP contribution in [0.4, 0.5) is 5.82 Å². The first kappa shape index (κ1) is 19.0. The minimum absolute atomic E-state index is 0.0196. The number of ketones is 1. The van der Waals surface area contributed by atoms with Gasteiger partial charge < -0.3 is 14.8 Å². The largest absolute Gasteiger partial charge is 0.497 e. The zero-order valence-corrected chi connectivity index (χ0v) is 16.7. The van der Waals surface area contributed by atoms with Crippen LogP contribution in [0.2, 0.25) is 0 Å². The van der Waals surface area contributed by atoms with Crippen molar-refractivity contribution < 1.29 is 14.3 Å². The Morgan fingerprint density at radius 2 is 1.79 bits per heavy atom. The Hall–Kier alpha value is -3.29. The molecule has 8 heteroatoms. The maximum absolute atomic E-state index is 13.2. The highest BCUT2D eigenvalue weighted by atomic mass is 16.5.